The third-order valence-corrected chi connectivity index (χ3v) is 5.69. The molecule has 3 aromatic rings. The number of amides is 2. The summed E-state index contributed by atoms with van der Waals surface area (Å²) in [6.07, 6.45) is 0. The van der Waals surface area contributed by atoms with Crippen LogP contribution in [-0.4, -0.2) is 16.7 Å². The molecule has 2 aromatic carbocycles. The van der Waals surface area contributed by atoms with Crippen molar-refractivity contribution in [3.8, 4) is 0 Å². The molecule has 2 amide bonds. The Hall–Kier alpha value is -3.18. The quantitative estimate of drug-likeness (QED) is 0.641. The minimum absolute atomic E-state index is 0.256. The van der Waals surface area contributed by atoms with Gasteiger partial charge in [0.2, 0.25) is 0 Å². The molecule has 1 aliphatic heterocycles. The van der Waals surface area contributed by atoms with Gasteiger partial charge in [0.1, 0.15) is 5.70 Å². The van der Waals surface area contributed by atoms with E-state index in [1.165, 1.54) is 16.2 Å². The van der Waals surface area contributed by atoms with Crippen molar-refractivity contribution in [1.82, 2.24) is 4.90 Å². The highest BCUT2D eigenvalue weighted by Gasteiger charge is 2.39. The standard InChI is InChI=1S/C23H20N2O2S/c1-15-9-11-17(12-10-15)14-25-22(26)20(19-8-5-13-28-19)21(23(25)27)24-18-7-4-3-6-16(18)2/h3-13,24H,14H2,1-2H3. The van der Waals surface area contributed by atoms with E-state index >= 15 is 0 Å². The minimum atomic E-state index is -0.294. The summed E-state index contributed by atoms with van der Waals surface area (Å²) in [6.45, 7) is 4.24. The van der Waals surface area contributed by atoms with E-state index in [1.807, 2.05) is 79.9 Å². The van der Waals surface area contributed by atoms with Gasteiger partial charge in [-0.25, -0.2) is 0 Å². The first-order chi connectivity index (χ1) is 13.5. The summed E-state index contributed by atoms with van der Waals surface area (Å²) in [7, 11) is 0. The van der Waals surface area contributed by atoms with Gasteiger partial charge in [-0.1, -0.05) is 54.1 Å². The zero-order chi connectivity index (χ0) is 19.7. The van der Waals surface area contributed by atoms with Crippen molar-refractivity contribution >= 4 is 34.4 Å². The number of rotatable bonds is 5. The normalized spacial score (nSPS) is 14.1. The monoisotopic (exact) mass is 388 g/mol. The Labute approximate surface area is 168 Å². The number of carbonyl (C=O) groups is 2. The van der Waals surface area contributed by atoms with E-state index in [2.05, 4.69) is 5.32 Å². The van der Waals surface area contributed by atoms with Crippen molar-refractivity contribution < 1.29 is 9.59 Å². The second-order valence-electron chi connectivity index (χ2n) is 6.85. The molecule has 0 unspecified atom stereocenters. The van der Waals surface area contributed by atoms with Crippen LogP contribution in [0.2, 0.25) is 0 Å². The van der Waals surface area contributed by atoms with E-state index in [4.69, 9.17) is 0 Å². The lowest BCUT2D eigenvalue weighted by Gasteiger charge is -2.16. The molecule has 5 heteroatoms. The summed E-state index contributed by atoms with van der Waals surface area (Å²) in [4.78, 5) is 28.5. The number of benzene rings is 2. The van der Waals surface area contributed by atoms with Crippen molar-refractivity contribution in [1.29, 1.82) is 0 Å². The molecular formula is C23H20N2O2S. The number of anilines is 1. The van der Waals surface area contributed by atoms with E-state index in [0.29, 0.717) is 11.3 Å². The molecule has 0 saturated heterocycles. The molecule has 4 nitrogen and oxygen atoms in total. The molecule has 0 radical (unpaired) electrons. The van der Waals surface area contributed by atoms with Crippen molar-refractivity contribution in [3.05, 3.63) is 93.3 Å². The third-order valence-electron chi connectivity index (χ3n) is 4.80. The number of imide groups is 1. The molecule has 0 atom stereocenters. The zero-order valence-corrected chi connectivity index (χ0v) is 16.5. The van der Waals surface area contributed by atoms with Crippen molar-refractivity contribution in [2.75, 3.05) is 5.32 Å². The van der Waals surface area contributed by atoms with Gasteiger partial charge in [0.05, 0.1) is 12.1 Å². The van der Waals surface area contributed by atoms with E-state index in [9.17, 15) is 9.59 Å². The number of nitrogens with zero attached hydrogens (tertiary/aromatic N) is 1. The lowest BCUT2D eigenvalue weighted by molar-refractivity contribution is -0.137. The highest BCUT2D eigenvalue weighted by molar-refractivity contribution is 7.11. The second kappa shape index (κ2) is 7.44. The number of carbonyl (C=O) groups excluding carboxylic acids is 2. The van der Waals surface area contributed by atoms with Crippen LogP contribution in [0.1, 0.15) is 21.6 Å². The Kier molecular flexibility index (Phi) is 4.84. The molecule has 0 aliphatic carbocycles. The highest BCUT2D eigenvalue weighted by Crippen LogP contribution is 2.34. The Morgan fingerprint density at radius 2 is 1.64 bits per heavy atom. The predicted molar refractivity (Wildman–Crippen MR) is 113 cm³/mol. The number of thiophene rings is 1. The van der Waals surface area contributed by atoms with Crippen LogP contribution in [0.15, 0.2) is 71.7 Å². The molecular weight excluding hydrogens is 368 g/mol. The number of hydrogen-bond donors (Lipinski definition) is 1. The van der Waals surface area contributed by atoms with Gasteiger partial charge < -0.3 is 5.32 Å². The average Bonchev–Trinajstić information content (AvgIpc) is 3.28. The van der Waals surface area contributed by atoms with Gasteiger partial charge in [0.15, 0.2) is 0 Å². The van der Waals surface area contributed by atoms with Crippen LogP contribution in [0.3, 0.4) is 0 Å². The summed E-state index contributed by atoms with van der Waals surface area (Å²) >= 11 is 1.46. The molecule has 1 N–H and O–H groups in total. The van der Waals surface area contributed by atoms with Crippen LogP contribution >= 0.6 is 11.3 Å². The van der Waals surface area contributed by atoms with Crippen molar-refractivity contribution in [2.45, 2.75) is 20.4 Å². The number of hydrogen-bond acceptors (Lipinski definition) is 4. The fourth-order valence-corrected chi connectivity index (χ4v) is 3.98. The summed E-state index contributed by atoms with van der Waals surface area (Å²) < 4.78 is 0. The maximum Gasteiger partial charge on any atom is 0.278 e. The van der Waals surface area contributed by atoms with E-state index < -0.39 is 0 Å². The predicted octanol–water partition coefficient (Wildman–Crippen LogP) is 4.76. The molecule has 1 aromatic heterocycles. The smallest absolute Gasteiger partial charge is 0.278 e. The first-order valence-electron chi connectivity index (χ1n) is 9.07. The Balaban J connectivity index is 1.71. The summed E-state index contributed by atoms with van der Waals surface area (Å²) in [6, 6.07) is 19.4. The maximum absolute atomic E-state index is 13.2. The number of nitrogens with one attached hydrogen (secondary N) is 1. The van der Waals surface area contributed by atoms with Gasteiger partial charge in [0.25, 0.3) is 11.8 Å². The highest BCUT2D eigenvalue weighted by atomic mass is 32.1. The Bertz CT molecular complexity index is 1070. The first-order valence-corrected chi connectivity index (χ1v) is 9.95. The van der Waals surface area contributed by atoms with Crippen molar-refractivity contribution in [3.63, 3.8) is 0 Å². The number of aryl methyl sites for hydroxylation is 2. The van der Waals surface area contributed by atoms with Crippen molar-refractivity contribution in [2.24, 2.45) is 0 Å². The maximum atomic E-state index is 13.2. The molecule has 0 fully saturated rings. The largest absolute Gasteiger partial charge is 0.350 e. The Morgan fingerprint density at radius 1 is 0.893 bits per heavy atom. The molecule has 1 aliphatic rings. The summed E-state index contributed by atoms with van der Waals surface area (Å²) in [5.41, 5.74) is 4.68. The zero-order valence-electron chi connectivity index (χ0n) is 15.7. The van der Waals surface area contributed by atoms with Crippen LogP contribution < -0.4 is 5.32 Å². The molecule has 0 bridgehead atoms. The van der Waals surface area contributed by atoms with Gasteiger partial charge >= 0.3 is 0 Å². The Morgan fingerprint density at radius 3 is 2.32 bits per heavy atom. The molecule has 0 saturated carbocycles. The van der Waals surface area contributed by atoms with Crippen LogP contribution in [0.5, 0.6) is 0 Å². The molecule has 2 heterocycles. The molecule has 28 heavy (non-hydrogen) atoms. The van der Waals surface area contributed by atoms with Gasteiger partial charge in [-0.3, -0.25) is 14.5 Å². The fraction of sp³-hybridized carbons (Fsp3) is 0.130. The first kappa shape index (κ1) is 18.2. The number of para-hydroxylation sites is 1. The van der Waals surface area contributed by atoms with Gasteiger partial charge in [-0.05, 0) is 42.5 Å². The lowest BCUT2D eigenvalue weighted by Crippen LogP contribution is -2.32. The van der Waals surface area contributed by atoms with Gasteiger partial charge in [-0.15, -0.1) is 11.3 Å². The topological polar surface area (TPSA) is 49.4 Å². The van der Waals surface area contributed by atoms with Gasteiger partial charge in [0, 0.05) is 10.6 Å². The third kappa shape index (κ3) is 3.37. The van der Waals surface area contributed by atoms with Crippen LogP contribution in [0.25, 0.3) is 5.57 Å². The average molecular weight is 388 g/mol. The molecule has 4 rings (SSSR count). The SMILES string of the molecule is Cc1ccc(CN2C(=O)C(Nc3ccccc3C)=C(c3cccs3)C2=O)cc1. The van der Waals surface area contributed by atoms with E-state index in [-0.39, 0.29) is 18.4 Å². The van der Waals surface area contributed by atoms with Crippen LogP contribution in [-0.2, 0) is 16.1 Å². The summed E-state index contributed by atoms with van der Waals surface area (Å²) in [5, 5.41) is 5.14. The van der Waals surface area contributed by atoms with Crippen LogP contribution in [0.4, 0.5) is 5.69 Å². The minimum Gasteiger partial charge on any atom is -0.350 e. The van der Waals surface area contributed by atoms with E-state index in [1.54, 1.807) is 0 Å². The van der Waals surface area contributed by atoms with Gasteiger partial charge in [-0.2, -0.15) is 0 Å². The second-order valence-corrected chi connectivity index (χ2v) is 7.80. The lowest BCUT2D eigenvalue weighted by atomic mass is 10.1. The summed E-state index contributed by atoms with van der Waals surface area (Å²) in [5.74, 6) is -0.554. The van der Waals surface area contributed by atoms with E-state index in [0.717, 1.165) is 27.3 Å². The fourth-order valence-electron chi connectivity index (χ4n) is 3.21. The van der Waals surface area contributed by atoms with Crippen LogP contribution in [0, 0.1) is 13.8 Å². The molecule has 0 spiro atoms. The molecule has 140 valence electrons.